The zero-order valence-corrected chi connectivity index (χ0v) is 13.3. The maximum atomic E-state index is 12.4. The first-order valence-electron chi connectivity index (χ1n) is 7.75. The van der Waals surface area contributed by atoms with E-state index in [9.17, 15) is 9.59 Å². The summed E-state index contributed by atoms with van der Waals surface area (Å²) < 4.78 is 5.60. The number of likely N-dealkylation sites (tertiary alicyclic amines) is 1. The number of hydrogen-bond acceptors (Lipinski definition) is 5. The summed E-state index contributed by atoms with van der Waals surface area (Å²) in [4.78, 5) is 33.6. The summed E-state index contributed by atoms with van der Waals surface area (Å²) >= 11 is 0. The third kappa shape index (κ3) is 3.68. The van der Waals surface area contributed by atoms with Crippen molar-refractivity contribution in [3.05, 3.63) is 42.9 Å². The van der Waals surface area contributed by atoms with Crippen LogP contribution in [0.1, 0.15) is 19.8 Å². The summed E-state index contributed by atoms with van der Waals surface area (Å²) in [5.74, 6) is 0.661. The van der Waals surface area contributed by atoms with Crippen LogP contribution in [0.3, 0.4) is 0 Å². The summed E-state index contributed by atoms with van der Waals surface area (Å²) in [6, 6.07) is 6.61. The minimum Gasteiger partial charge on any atom is -0.437 e. The summed E-state index contributed by atoms with van der Waals surface area (Å²) in [6.07, 6.45) is 6.13. The van der Waals surface area contributed by atoms with Crippen LogP contribution in [-0.2, 0) is 9.59 Å². The van der Waals surface area contributed by atoms with Gasteiger partial charge in [0.05, 0.1) is 6.20 Å². The number of nitrogens with one attached hydrogen (secondary N) is 1. The molecule has 1 N–H and O–H groups in total. The van der Waals surface area contributed by atoms with Crippen LogP contribution < -0.4 is 10.1 Å². The Kier molecular flexibility index (Phi) is 4.69. The van der Waals surface area contributed by atoms with Crippen molar-refractivity contribution < 1.29 is 14.3 Å². The lowest BCUT2D eigenvalue weighted by atomic mass is 10.2. The lowest BCUT2D eigenvalue weighted by Crippen LogP contribution is -2.42. The Morgan fingerprint density at radius 2 is 2.21 bits per heavy atom. The molecule has 24 heavy (non-hydrogen) atoms. The second kappa shape index (κ2) is 7.08. The third-order valence-corrected chi connectivity index (χ3v) is 3.82. The van der Waals surface area contributed by atoms with E-state index in [1.807, 2.05) is 0 Å². The van der Waals surface area contributed by atoms with E-state index in [4.69, 9.17) is 4.74 Å². The second-order valence-corrected chi connectivity index (χ2v) is 5.53. The Bertz CT molecular complexity index is 736. The van der Waals surface area contributed by atoms with Gasteiger partial charge in [0.2, 0.25) is 17.7 Å². The molecule has 124 valence electrons. The SMILES string of the molecule is CC(=O)N1CCCC1C(=O)Nc1cccc(Oc2cnccn2)c1. The molecule has 3 rings (SSSR count). The first kappa shape index (κ1) is 15.9. The van der Waals surface area contributed by atoms with E-state index >= 15 is 0 Å². The zero-order chi connectivity index (χ0) is 16.9. The van der Waals surface area contributed by atoms with Gasteiger partial charge in [-0.2, -0.15) is 0 Å². The second-order valence-electron chi connectivity index (χ2n) is 5.53. The molecule has 7 nitrogen and oxygen atoms in total. The first-order chi connectivity index (χ1) is 11.6. The normalized spacial score (nSPS) is 16.7. The van der Waals surface area contributed by atoms with Gasteiger partial charge in [-0.25, -0.2) is 4.98 Å². The Balaban J connectivity index is 1.68. The van der Waals surface area contributed by atoms with E-state index in [1.165, 1.54) is 19.3 Å². The van der Waals surface area contributed by atoms with Crippen LogP contribution in [0.4, 0.5) is 5.69 Å². The quantitative estimate of drug-likeness (QED) is 0.931. The average molecular weight is 326 g/mol. The zero-order valence-electron chi connectivity index (χ0n) is 13.3. The Morgan fingerprint density at radius 1 is 1.33 bits per heavy atom. The van der Waals surface area contributed by atoms with E-state index in [-0.39, 0.29) is 11.8 Å². The van der Waals surface area contributed by atoms with Gasteiger partial charge >= 0.3 is 0 Å². The fraction of sp³-hybridized carbons (Fsp3) is 0.294. The highest BCUT2D eigenvalue weighted by Gasteiger charge is 2.32. The predicted molar refractivity (Wildman–Crippen MR) is 87.6 cm³/mol. The van der Waals surface area contributed by atoms with Crippen LogP contribution in [0.2, 0.25) is 0 Å². The molecule has 1 aliphatic rings. The molecule has 0 aliphatic carbocycles. The largest absolute Gasteiger partial charge is 0.437 e. The number of carbonyl (C=O) groups excluding carboxylic acids is 2. The van der Waals surface area contributed by atoms with Gasteiger partial charge in [-0.3, -0.25) is 14.6 Å². The number of hydrogen-bond donors (Lipinski definition) is 1. The van der Waals surface area contributed by atoms with Crippen molar-refractivity contribution in [2.75, 3.05) is 11.9 Å². The number of aromatic nitrogens is 2. The Labute approximate surface area is 139 Å². The summed E-state index contributed by atoms with van der Waals surface area (Å²) in [5.41, 5.74) is 0.608. The highest BCUT2D eigenvalue weighted by atomic mass is 16.5. The lowest BCUT2D eigenvalue weighted by molar-refractivity contribution is -0.134. The lowest BCUT2D eigenvalue weighted by Gasteiger charge is -2.22. The topological polar surface area (TPSA) is 84.4 Å². The molecule has 1 unspecified atom stereocenters. The number of ether oxygens (including phenoxy) is 1. The molecule has 1 aromatic heterocycles. The summed E-state index contributed by atoms with van der Waals surface area (Å²) in [7, 11) is 0. The average Bonchev–Trinajstić information content (AvgIpc) is 3.06. The smallest absolute Gasteiger partial charge is 0.247 e. The molecule has 2 aromatic rings. The molecule has 1 saturated heterocycles. The first-order valence-corrected chi connectivity index (χ1v) is 7.75. The van der Waals surface area contributed by atoms with Gasteiger partial charge in [-0.1, -0.05) is 6.07 Å². The fourth-order valence-electron chi connectivity index (χ4n) is 2.74. The molecule has 0 radical (unpaired) electrons. The molecule has 1 fully saturated rings. The molecule has 7 heteroatoms. The molecule has 1 atom stereocenters. The minimum absolute atomic E-state index is 0.0765. The Morgan fingerprint density at radius 3 is 2.96 bits per heavy atom. The Hall–Kier alpha value is -2.96. The number of nitrogens with zero attached hydrogens (tertiary/aromatic N) is 3. The highest BCUT2D eigenvalue weighted by molar-refractivity contribution is 5.97. The highest BCUT2D eigenvalue weighted by Crippen LogP contribution is 2.24. The number of amides is 2. The van der Waals surface area contributed by atoms with Gasteiger partial charge in [0, 0.05) is 37.6 Å². The van der Waals surface area contributed by atoms with Crippen molar-refractivity contribution in [2.24, 2.45) is 0 Å². The van der Waals surface area contributed by atoms with E-state index < -0.39 is 6.04 Å². The number of carbonyl (C=O) groups is 2. The van der Waals surface area contributed by atoms with Crippen molar-refractivity contribution in [3.63, 3.8) is 0 Å². The number of rotatable bonds is 4. The van der Waals surface area contributed by atoms with Gasteiger partial charge in [0.15, 0.2) is 0 Å². The molecule has 2 amide bonds. The molecular weight excluding hydrogens is 308 g/mol. The van der Waals surface area contributed by atoms with Crippen molar-refractivity contribution in [1.82, 2.24) is 14.9 Å². The number of benzene rings is 1. The number of anilines is 1. The van der Waals surface area contributed by atoms with Crippen molar-refractivity contribution in [3.8, 4) is 11.6 Å². The van der Waals surface area contributed by atoms with Crippen LogP contribution in [0.15, 0.2) is 42.9 Å². The van der Waals surface area contributed by atoms with E-state index in [1.54, 1.807) is 35.4 Å². The molecule has 0 spiro atoms. The molecule has 1 aromatic carbocycles. The van der Waals surface area contributed by atoms with Crippen LogP contribution in [-0.4, -0.2) is 39.3 Å². The maximum absolute atomic E-state index is 12.4. The van der Waals surface area contributed by atoms with Gasteiger partial charge < -0.3 is 15.0 Å². The third-order valence-electron chi connectivity index (χ3n) is 3.82. The van der Waals surface area contributed by atoms with Gasteiger partial charge in [0.1, 0.15) is 11.8 Å². The van der Waals surface area contributed by atoms with Crippen LogP contribution in [0, 0.1) is 0 Å². The van der Waals surface area contributed by atoms with Crippen LogP contribution in [0.5, 0.6) is 11.6 Å². The van der Waals surface area contributed by atoms with Crippen molar-refractivity contribution in [2.45, 2.75) is 25.8 Å². The van der Waals surface area contributed by atoms with E-state index in [0.717, 1.165) is 6.42 Å². The van der Waals surface area contributed by atoms with Gasteiger partial charge in [-0.15, -0.1) is 0 Å². The summed E-state index contributed by atoms with van der Waals surface area (Å²) in [6.45, 7) is 2.12. The summed E-state index contributed by atoms with van der Waals surface area (Å²) in [5, 5.41) is 2.85. The van der Waals surface area contributed by atoms with Crippen LogP contribution in [0.25, 0.3) is 0 Å². The molecule has 0 bridgehead atoms. The molecule has 1 aliphatic heterocycles. The minimum atomic E-state index is -0.410. The fourth-order valence-corrected chi connectivity index (χ4v) is 2.74. The monoisotopic (exact) mass is 326 g/mol. The van der Waals surface area contributed by atoms with Crippen LogP contribution >= 0.6 is 0 Å². The van der Waals surface area contributed by atoms with Gasteiger partial charge in [0.25, 0.3) is 0 Å². The predicted octanol–water partition coefficient (Wildman–Crippen LogP) is 2.22. The standard InChI is InChI=1S/C17H18N4O3/c1-12(22)21-9-3-6-15(21)17(23)20-13-4-2-5-14(10-13)24-16-11-18-7-8-19-16/h2,4-5,7-8,10-11,15H,3,6,9H2,1H3,(H,20,23). The molecule has 2 heterocycles. The van der Waals surface area contributed by atoms with Gasteiger partial charge in [-0.05, 0) is 25.0 Å². The van der Waals surface area contributed by atoms with Crippen molar-refractivity contribution >= 4 is 17.5 Å². The maximum Gasteiger partial charge on any atom is 0.247 e. The molecular formula is C17H18N4O3. The van der Waals surface area contributed by atoms with E-state index in [2.05, 4.69) is 15.3 Å². The van der Waals surface area contributed by atoms with Crippen molar-refractivity contribution in [1.29, 1.82) is 0 Å². The van der Waals surface area contributed by atoms with E-state index in [0.29, 0.717) is 30.3 Å². The molecule has 0 saturated carbocycles.